The third-order valence-corrected chi connectivity index (χ3v) is 5.94. The molecule has 1 N–H and O–H groups in total. The zero-order valence-corrected chi connectivity index (χ0v) is 16.7. The van der Waals surface area contributed by atoms with Gasteiger partial charge in [-0.05, 0) is 44.6 Å². The summed E-state index contributed by atoms with van der Waals surface area (Å²) in [4.78, 5) is 14.0. The van der Waals surface area contributed by atoms with E-state index in [1.165, 1.54) is 12.8 Å². The van der Waals surface area contributed by atoms with Crippen LogP contribution in [0.2, 0.25) is 0 Å². The van der Waals surface area contributed by atoms with Crippen molar-refractivity contribution in [3.8, 4) is 0 Å². The van der Waals surface area contributed by atoms with Gasteiger partial charge in [-0.3, -0.25) is 0 Å². The van der Waals surface area contributed by atoms with Crippen molar-refractivity contribution in [3.63, 3.8) is 0 Å². The fraction of sp³-hybridized carbons (Fsp3) is 0.455. The first-order chi connectivity index (χ1) is 14.3. The van der Waals surface area contributed by atoms with E-state index in [2.05, 4.69) is 28.4 Å². The van der Waals surface area contributed by atoms with Crippen LogP contribution in [0.3, 0.4) is 0 Å². The van der Waals surface area contributed by atoms with Gasteiger partial charge in [-0.2, -0.15) is 5.10 Å². The molecule has 1 fully saturated rings. The van der Waals surface area contributed by atoms with Crippen LogP contribution in [-0.2, 0) is 11.2 Å². The van der Waals surface area contributed by atoms with Crippen molar-refractivity contribution in [2.24, 2.45) is 5.92 Å². The minimum atomic E-state index is 0.451. The molecule has 2 aliphatic carbocycles. The van der Waals surface area contributed by atoms with E-state index in [1.54, 1.807) is 10.7 Å². The third kappa shape index (κ3) is 3.74. The van der Waals surface area contributed by atoms with E-state index in [0.29, 0.717) is 12.0 Å². The molecular formula is C22H26N6O. The molecule has 3 heterocycles. The zero-order valence-electron chi connectivity index (χ0n) is 16.7. The molecule has 2 aliphatic rings. The van der Waals surface area contributed by atoms with Crippen molar-refractivity contribution in [1.82, 2.24) is 24.6 Å². The zero-order chi connectivity index (χ0) is 19.6. The highest BCUT2D eigenvalue weighted by atomic mass is 16.5. The number of fused-ring (bicyclic) bond motifs is 2. The second kappa shape index (κ2) is 7.91. The number of hydrogen-bond donors (Lipinski definition) is 1. The molecule has 150 valence electrons. The molecule has 3 aromatic heterocycles. The van der Waals surface area contributed by atoms with E-state index in [0.717, 1.165) is 66.5 Å². The summed E-state index contributed by atoms with van der Waals surface area (Å²) >= 11 is 0. The highest BCUT2D eigenvalue weighted by Gasteiger charge is 2.22. The molecule has 0 atom stereocenters. The molecule has 0 saturated heterocycles. The predicted molar refractivity (Wildman–Crippen MR) is 112 cm³/mol. The first kappa shape index (κ1) is 18.2. The molecule has 5 rings (SSSR count). The van der Waals surface area contributed by atoms with Gasteiger partial charge < -0.3 is 10.1 Å². The van der Waals surface area contributed by atoms with Crippen LogP contribution in [0.25, 0.3) is 11.2 Å². The van der Waals surface area contributed by atoms with E-state index in [-0.39, 0.29) is 0 Å². The van der Waals surface area contributed by atoms with E-state index in [9.17, 15) is 0 Å². The molecule has 0 radical (unpaired) electrons. The minimum Gasteiger partial charge on any atom is -0.379 e. The van der Waals surface area contributed by atoms with E-state index < -0.39 is 0 Å². The number of ether oxygens (including phenoxy) is 1. The minimum absolute atomic E-state index is 0.451. The summed E-state index contributed by atoms with van der Waals surface area (Å²) in [7, 11) is 0. The second-order valence-electron chi connectivity index (χ2n) is 7.80. The Balaban J connectivity index is 1.23. The smallest absolute Gasteiger partial charge is 0.222 e. The largest absolute Gasteiger partial charge is 0.379 e. The van der Waals surface area contributed by atoms with Crippen LogP contribution in [0.4, 0.5) is 5.95 Å². The number of nitrogens with one attached hydrogen (secondary N) is 1. The van der Waals surface area contributed by atoms with E-state index in [1.807, 2.05) is 24.5 Å². The molecule has 7 nitrogen and oxygen atoms in total. The van der Waals surface area contributed by atoms with Gasteiger partial charge in [0.05, 0.1) is 23.7 Å². The van der Waals surface area contributed by atoms with Crippen molar-refractivity contribution in [2.45, 2.75) is 45.1 Å². The van der Waals surface area contributed by atoms with Crippen molar-refractivity contribution in [1.29, 1.82) is 0 Å². The highest BCUT2D eigenvalue weighted by Crippen LogP contribution is 2.31. The lowest BCUT2D eigenvalue weighted by atomic mass is 9.87. The normalized spacial score (nSPS) is 21.2. The van der Waals surface area contributed by atoms with Gasteiger partial charge in [0.2, 0.25) is 5.95 Å². The van der Waals surface area contributed by atoms with Gasteiger partial charge in [0.25, 0.3) is 0 Å². The molecule has 0 aromatic carbocycles. The Bertz CT molecular complexity index is 1030. The van der Waals surface area contributed by atoms with Crippen molar-refractivity contribution >= 4 is 17.2 Å². The lowest BCUT2D eigenvalue weighted by Crippen LogP contribution is -2.26. The van der Waals surface area contributed by atoms with Gasteiger partial charge in [-0.15, -0.1) is 0 Å². The van der Waals surface area contributed by atoms with Crippen LogP contribution >= 0.6 is 0 Å². The summed E-state index contributed by atoms with van der Waals surface area (Å²) in [6.45, 7) is 3.82. The first-order valence-electron chi connectivity index (χ1n) is 10.5. The van der Waals surface area contributed by atoms with Gasteiger partial charge in [-0.25, -0.2) is 19.5 Å². The quantitative estimate of drug-likeness (QED) is 0.694. The fourth-order valence-corrected chi connectivity index (χ4v) is 4.37. The lowest BCUT2D eigenvalue weighted by Gasteiger charge is -2.28. The topological polar surface area (TPSA) is 77.2 Å². The predicted octanol–water partition coefficient (Wildman–Crippen LogP) is 3.51. The average molecular weight is 390 g/mol. The van der Waals surface area contributed by atoms with Crippen LogP contribution in [0, 0.1) is 5.92 Å². The molecule has 0 amide bonds. The van der Waals surface area contributed by atoms with Crippen LogP contribution < -0.4 is 5.32 Å². The molecule has 0 spiro atoms. The van der Waals surface area contributed by atoms with Crippen molar-refractivity contribution in [3.05, 3.63) is 53.8 Å². The summed E-state index contributed by atoms with van der Waals surface area (Å²) in [6, 6.07) is 3.90. The Morgan fingerprint density at radius 1 is 1.17 bits per heavy atom. The molecule has 7 heteroatoms. The highest BCUT2D eigenvalue weighted by molar-refractivity contribution is 5.82. The maximum Gasteiger partial charge on any atom is 0.222 e. The van der Waals surface area contributed by atoms with Crippen LogP contribution in [0.15, 0.2) is 36.8 Å². The molecule has 0 aliphatic heterocycles. The summed E-state index contributed by atoms with van der Waals surface area (Å²) in [5, 5.41) is 7.66. The number of hydrogen-bond acceptors (Lipinski definition) is 6. The number of nitrogens with zero attached hydrogens (tertiary/aromatic N) is 5. The summed E-state index contributed by atoms with van der Waals surface area (Å²) in [5.41, 5.74) is 5.02. The fourth-order valence-electron chi connectivity index (χ4n) is 4.37. The number of rotatable bonds is 6. The van der Waals surface area contributed by atoms with E-state index >= 15 is 0 Å². The maximum atomic E-state index is 5.75. The lowest BCUT2D eigenvalue weighted by molar-refractivity contribution is 0.0270. The van der Waals surface area contributed by atoms with Crippen LogP contribution in [0.5, 0.6) is 0 Å². The monoisotopic (exact) mass is 390 g/mol. The molecule has 0 bridgehead atoms. The Kier molecular flexibility index (Phi) is 4.97. The number of allylic oxidation sites excluding steroid dienone is 1. The van der Waals surface area contributed by atoms with Gasteiger partial charge in [0, 0.05) is 49.2 Å². The summed E-state index contributed by atoms with van der Waals surface area (Å²) in [6.07, 6.45) is 13.8. The summed E-state index contributed by atoms with van der Waals surface area (Å²) in [5.74, 6) is 1.40. The van der Waals surface area contributed by atoms with Gasteiger partial charge >= 0.3 is 0 Å². The molecule has 3 aromatic rings. The van der Waals surface area contributed by atoms with Crippen LogP contribution in [0.1, 0.15) is 49.6 Å². The standard InChI is InChI=1S/C22H26N6O/c1-2-29-16-5-3-15(4-6-16)13-23-22-24-14-18-17(7-8-19(18)27-22)20-10-12-28-21(26-20)9-11-25-28/h7,9-12,14-16H,2-6,8,13H2,1H3,(H,23,24,27). The van der Waals surface area contributed by atoms with Crippen LogP contribution in [-0.4, -0.2) is 43.8 Å². The molecule has 0 unspecified atom stereocenters. The van der Waals surface area contributed by atoms with Gasteiger partial charge in [-0.1, -0.05) is 6.08 Å². The average Bonchev–Trinajstić information content (AvgIpc) is 3.39. The molecular weight excluding hydrogens is 364 g/mol. The third-order valence-electron chi connectivity index (χ3n) is 5.94. The second-order valence-corrected chi connectivity index (χ2v) is 7.80. The summed E-state index contributed by atoms with van der Waals surface area (Å²) < 4.78 is 7.52. The Labute approximate surface area is 170 Å². The molecule has 1 saturated carbocycles. The van der Waals surface area contributed by atoms with Gasteiger partial charge in [0.15, 0.2) is 5.65 Å². The van der Waals surface area contributed by atoms with Gasteiger partial charge in [0.1, 0.15) is 0 Å². The van der Waals surface area contributed by atoms with Crippen molar-refractivity contribution in [2.75, 3.05) is 18.5 Å². The first-order valence-corrected chi connectivity index (χ1v) is 10.5. The van der Waals surface area contributed by atoms with E-state index in [4.69, 9.17) is 14.7 Å². The Morgan fingerprint density at radius 3 is 2.93 bits per heavy atom. The number of aromatic nitrogens is 5. The Hall–Kier alpha value is -2.80. The number of anilines is 1. The maximum absolute atomic E-state index is 5.75. The SMILES string of the molecule is CCOC1CCC(CNc2ncc3c(n2)CC=C3c2ccn3nccc3n2)CC1. The Morgan fingerprint density at radius 2 is 2.07 bits per heavy atom. The van der Waals surface area contributed by atoms with Crippen molar-refractivity contribution < 1.29 is 4.74 Å². The molecule has 29 heavy (non-hydrogen) atoms.